The molecule has 0 spiro atoms. The molecule has 0 aliphatic heterocycles. The average Bonchev–Trinajstić information content (AvgIpc) is 2.19. The van der Waals surface area contributed by atoms with Gasteiger partial charge in [-0.15, -0.1) is 0 Å². The first kappa shape index (κ1) is 11.3. The lowest BCUT2D eigenvalue weighted by Crippen LogP contribution is -2.01. The highest BCUT2D eigenvalue weighted by Crippen LogP contribution is 2.14. The molecule has 0 bridgehead atoms. The third-order valence-electron chi connectivity index (χ3n) is 1.50. The van der Waals surface area contributed by atoms with Crippen LogP contribution in [0, 0.1) is 11.6 Å². The van der Waals surface area contributed by atoms with E-state index in [4.69, 9.17) is 23.2 Å². The van der Waals surface area contributed by atoms with Crippen molar-refractivity contribution in [1.82, 2.24) is 0 Å². The summed E-state index contributed by atoms with van der Waals surface area (Å²) >= 11 is 10.9. The van der Waals surface area contributed by atoms with Gasteiger partial charge in [0.25, 0.3) is 0 Å². The van der Waals surface area contributed by atoms with Crippen LogP contribution in [0.25, 0.3) is 0 Å². The summed E-state index contributed by atoms with van der Waals surface area (Å²) in [5.41, 5.74) is 1.65. The molecule has 1 N–H and O–H groups in total. The lowest BCUT2D eigenvalue weighted by Gasteiger charge is -2.04. The van der Waals surface area contributed by atoms with Crippen LogP contribution < -0.4 is 5.32 Å². The van der Waals surface area contributed by atoms with Crippen molar-refractivity contribution < 1.29 is 8.78 Å². The highest BCUT2D eigenvalue weighted by molar-refractivity contribution is 6.36. The molecule has 0 radical (unpaired) electrons. The topological polar surface area (TPSA) is 12.0 Å². The average molecular weight is 238 g/mol. The molecule has 0 saturated carbocycles. The van der Waals surface area contributed by atoms with Gasteiger partial charge in [-0.3, -0.25) is 0 Å². The first-order valence-corrected chi connectivity index (χ1v) is 4.58. The molecule has 1 aromatic rings. The first-order chi connectivity index (χ1) is 6.63. The Labute approximate surface area is 90.3 Å². The predicted molar refractivity (Wildman–Crippen MR) is 54.6 cm³/mol. The van der Waals surface area contributed by atoms with Crippen LogP contribution >= 0.6 is 23.2 Å². The van der Waals surface area contributed by atoms with Gasteiger partial charge in [0.2, 0.25) is 0 Å². The molecule has 0 atom stereocenters. The van der Waals surface area contributed by atoms with E-state index < -0.39 is 11.6 Å². The van der Waals surface area contributed by atoms with Crippen LogP contribution in [0.2, 0.25) is 0 Å². The van der Waals surface area contributed by atoms with E-state index in [9.17, 15) is 8.78 Å². The SMILES string of the molecule is Fc1ccc(NCC(Cl)=CCl)cc1F. The van der Waals surface area contributed by atoms with Crippen molar-refractivity contribution in [3.05, 3.63) is 40.4 Å². The summed E-state index contributed by atoms with van der Waals surface area (Å²) < 4.78 is 25.2. The number of hydrogen-bond donors (Lipinski definition) is 1. The number of nitrogens with one attached hydrogen (secondary N) is 1. The van der Waals surface area contributed by atoms with Crippen molar-refractivity contribution in [2.45, 2.75) is 0 Å². The minimum atomic E-state index is -0.902. The fourth-order valence-electron chi connectivity index (χ4n) is 0.831. The Balaban J connectivity index is 2.64. The zero-order valence-electron chi connectivity index (χ0n) is 7.03. The van der Waals surface area contributed by atoms with Crippen molar-refractivity contribution >= 4 is 28.9 Å². The Hall–Kier alpha value is -0.800. The molecule has 1 aromatic carbocycles. The zero-order valence-corrected chi connectivity index (χ0v) is 8.54. The van der Waals surface area contributed by atoms with E-state index in [1.54, 1.807) is 0 Å². The van der Waals surface area contributed by atoms with Gasteiger partial charge in [0.05, 0.1) is 6.54 Å². The summed E-state index contributed by atoms with van der Waals surface area (Å²) in [6.07, 6.45) is 0. The van der Waals surface area contributed by atoms with Crippen LogP contribution in [0.3, 0.4) is 0 Å². The lowest BCUT2D eigenvalue weighted by molar-refractivity contribution is 0.509. The van der Waals surface area contributed by atoms with Gasteiger partial charge in [-0.05, 0) is 12.1 Å². The molecule has 1 nitrogen and oxygen atoms in total. The van der Waals surface area contributed by atoms with Gasteiger partial charge in [0.15, 0.2) is 11.6 Å². The zero-order chi connectivity index (χ0) is 10.6. The van der Waals surface area contributed by atoms with E-state index in [2.05, 4.69) is 5.32 Å². The van der Waals surface area contributed by atoms with Gasteiger partial charge < -0.3 is 5.32 Å². The molecule has 5 heteroatoms. The van der Waals surface area contributed by atoms with Crippen LogP contribution in [0.4, 0.5) is 14.5 Å². The highest BCUT2D eigenvalue weighted by Gasteiger charge is 2.01. The molecule has 14 heavy (non-hydrogen) atoms. The molecule has 0 unspecified atom stereocenters. The van der Waals surface area contributed by atoms with Crippen molar-refractivity contribution in [3.63, 3.8) is 0 Å². The van der Waals surface area contributed by atoms with Crippen LogP contribution in [-0.2, 0) is 0 Å². The number of halogens is 4. The van der Waals surface area contributed by atoms with Gasteiger partial charge in [-0.1, -0.05) is 23.2 Å². The largest absolute Gasteiger partial charge is 0.380 e. The second-order valence-corrected chi connectivity index (χ2v) is 3.24. The minimum absolute atomic E-state index is 0.274. The van der Waals surface area contributed by atoms with Gasteiger partial charge in [0, 0.05) is 22.3 Å². The fourth-order valence-corrected chi connectivity index (χ4v) is 0.975. The Morgan fingerprint density at radius 3 is 2.64 bits per heavy atom. The maximum Gasteiger partial charge on any atom is 0.160 e. The Kier molecular flexibility index (Phi) is 4.17. The second-order valence-electron chi connectivity index (χ2n) is 2.54. The smallest absolute Gasteiger partial charge is 0.160 e. The maximum absolute atomic E-state index is 12.7. The second kappa shape index (κ2) is 5.17. The standard InChI is InChI=1S/C9H7Cl2F2N/c10-4-6(11)5-14-7-1-2-8(12)9(13)3-7/h1-4,14H,5H2. The van der Waals surface area contributed by atoms with Crippen molar-refractivity contribution in [3.8, 4) is 0 Å². The first-order valence-electron chi connectivity index (χ1n) is 3.77. The molecule has 0 saturated heterocycles. The molecule has 0 aromatic heterocycles. The summed E-state index contributed by atoms with van der Waals surface area (Å²) in [7, 11) is 0. The minimum Gasteiger partial charge on any atom is -0.380 e. The maximum atomic E-state index is 12.7. The number of rotatable bonds is 3. The normalized spacial score (nSPS) is 11.6. The monoisotopic (exact) mass is 237 g/mol. The molecule has 0 fully saturated rings. The van der Waals surface area contributed by atoms with Crippen LogP contribution in [0.5, 0.6) is 0 Å². The van der Waals surface area contributed by atoms with Gasteiger partial charge >= 0.3 is 0 Å². The summed E-state index contributed by atoms with van der Waals surface area (Å²) in [4.78, 5) is 0. The van der Waals surface area contributed by atoms with Crippen molar-refractivity contribution in [2.24, 2.45) is 0 Å². The van der Waals surface area contributed by atoms with Crippen LogP contribution in [0.15, 0.2) is 28.8 Å². The molecular formula is C9H7Cl2F2N. The number of hydrogen-bond acceptors (Lipinski definition) is 1. The Bertz CT molecular complexity index is 353. The van der Waals surface area contributed by atoms with E-state index in [-0.39, 0.29) is 6.54 Å². The van der Waals surface area contributed by atoms with E-state index in [1.807, 2.05) is 0 Å². The molecular weight excluding hydrogens is 231 g/mol. The molecule has 1 rings (SSSR count). The van der Waals surface area contributed by atoms with Gasteiger partial charge in [-0.25, -0.2) is 8.78 Å². The third-order valence-corrected chi connectivity index (χ3v) is 2.12. The van der Waals surface area contributed by atoms with Gasteiger partial charge in [0.1, 0.15) is 0 Å². The number of anilines is 1. The Morgan fingerprint density at radius 1 is 1.36 bits per heavy atom. The Morgan fingerprint density at radius 2 is 2.07 bits per heavy atom. The molecule has 0 amide bonds. The van der Waals surface area contributed by atoms with E-state index in [0.717, 1.165) is 12.1 Å². The summed E-state index contributed by atoms with van der Waals surface area (Å²) in [5.74, 6) is -1.78. The quantitative estimate of drug-likeness (QED) is 0.846. The molecule has 0 heterocycles. The predicted octanol–water partition coefficient (Wildman–Crippen LogP) is 3.70. The van der Waals surface area contributed by atoms with E-state index in [1.165, 1.54) is 11.6 Å². The van der Waals surface area contributed by atoms with Crippen molar-refractivity contribution in [1.29, 1.82) is 0 Å². The summed E-state index contributed by atoms with van der Waals surface area (Å²) in [6.45, 7) is 0.274. The summed E-state index contributed by atoms with van der Waals surface area (Å²) in [6, 6.07) is 3.50. The fraction of sp³-hybridized carbons (Fsp3) is 0.111. The molecule has 0 aliphatic rings. The van der Waals surface area contributed by atoms with Crippen LogP contribution in [0.1, 0.15) is 0 Å². The van der Waals surface area contributed by atoms with Crippen LogP contribution in [-0.4, -0.2) is 6.54 Å². The highest BCUT2D eigenvalue weighted by atomic mass is 35.5. The van der Waals surface area contributed by atoms with Crippen molar-refractivity contribution in [2.75, 3.05) is 11.9 Å². The number of benzene rings is 1. The third kappa shape index (κ3) is 3.16. The molecule has 0 aliphatic carbocycles. The summed E-state index contributed by atoms with van der Waals surface area (Å²) in [5, 5.41) is 3.16. The van der Waals surface area contributed by atoms with E-state index in [0.29, 0.717) is 10.7 Å². The lowest BCUT2D eigenvalue weighted by atomic mass is 10.3. The van der Waals surface area contributed by atoms with Gasteiger partial charge in [-0.2, -0.15) is 0 Å². The molecule has 76 valence electrons. The van der Waals surface area contributed by atoms with E-state index >= 15 is 0 Å².